The fraction of sp³-hybridized carbons (Fsp3) is 0.333. The van der Waals surface area contributed by atoms with Gasteiger partial charge in [0, 0.05) is 32.4 Å². The molecule has 6 nitrogen and oxygen atoms in total. The van der Waals surface area contributed by atoms with Gasteiger partial charge in [0.1, 0.15) is 0 Å². The van der Waals surface area contributed by atoms with Crippen LogP contribution >= 0.6 is 0 Å². The Bertz CT molecular complexity index is 587. The highest BCUT2D eigenvalue weighted by Gasteiger charge is 2.21. The Hall–Kier alpha value is -2.08. The highest BCUT2D eigenvalue weighted by Crippen LogP contribution is 2.20. The molecule has 0 atom stereocenters. The van der Waals surface area contributed by atoms with Crippen molar-refractivity contribution in [1.82, 2.24) is 14.7 Å². The van der Waals surface area contributed by atoms with Crippen LogP contribution in [0.3, 0.4) is 0 Å². The van der Waals surface area contributed by atoms with E-state index in [0.717, 1.165) is 26.2 Å². The van der Waals surface area contributed by atoms with Crippen molar-refractivity contribution in [2.75, 3.05) is 31.1 Å². The third-order valence-corrected chi connectivity index (χ3v) is 3.13. The first kappa shape index (κ1) is 11.0. The number of nitrogens with zero attached hydrogens (tertiary/aromatic N) is 3. The molecule has 0 aliphatic carbocycles. The maximum atomic E-state index is 11.2. The van der Waals surface area contributed by atoms with Crippen LogP contribution in [0.2, 0.25) is 0 Å². The van der Waals surface area contributed by atoms with E-state index in [1.54, 1.807) is 6.07 Å². The number of carbonyl (C=O) groups is 1. The van der Waals surface area contributed by atoms with E-state index in [1.807, 2.05) is 22.7 Å². The Morgan fingerprint density at radius 3 is 2.83 bits per heavy atom. The van der Waals surface area contributed by atoms with E-state index in [9.17, 15) is 9.90 Å². The number of anilines is 1. The van der Waals surface area contributed by atoms with E-state index in [2.05, 4.69) is 15.2 Å². The Kier molecular flexibility index (Phi) is 2.64. The van der Waals surface area contributed by atoms with Crippen molar-refractivity contribution in [2.24, 2.45) is 0 Å². The largest absolute Gasteiger partial charge is 0.476 e. The number of imidazole rings is 1. The van der Waals surface area contributed by atoms with Gasteiger partial charge in [0.15, 0.2) is 5.69 Å². The maximum Gasteiger partial charge on any atom is 0.356 e. The van der Waals surface area contributed by atoms with Gasteiger partial charge in [-0.3, -0.25) is 4.40 Å². The van der Waals surface area contributed by atoms with Gasteiger partial charge in [-0.25, -0.2) is 9.78 Å². The average molecular weight is 246 g/mol. The summed E-state index contributed by atoms with van der Waals surface area (Å²) in [6.07, 6.45) is 1.85. The van der Waals surface area contributed by atoms with Crippen LogP contribution in [0, 0.1) is 0 Å². The number of fused-ring (bicyclic) bond motifs is 1. The number of pyridine rings is 1. The average Bonchev–Trinajstić information content (AvgIpc) is 2.79. The highest BCUT2D eigenvalue weighted by molar-refractivity contribution is 5.94. The van der Waals surface area contributed by atoms with Gasteiger partial charge in [-0.1, -0.05) is 6.07 Å². The molecule has 0 aromatic carbocycles. The zero-order valence-electron chi connectivity index (χ0n) is 9.83. The summed E-state index contributed by atoms with van der Waals surface area (Å²) in [7, 11) is 0. The topological polar surface area (TPSA) is 69.9 Å². The van der Waals surface area contributed by atoms with Crippen molar-refractivity contribution >= 4 is 17.4 Å². The molecule has 1 aliphatic rings. The van der Waals surface area contributed by atoms with Gasteiger partial charge in [0.2, 0.25) is 5.95 Å². The number of nitrogens with one attached hydrogen (secondary N) is 1. The summed E-state index contributed by atoms with van der Waals surface area (Å²) in [5, 5.41) is 12.5. The summed E-state index contributed by atoms with van der Waals surface area (Å²) < 4.78 is 1.84. The Balaban J connectivity index is 2.13. The SMILES string of the molecule is O=C(O)c1nc(N2CCNCC2)n2ccccc12. The molecule has 1 fully saturated rings. The first-order valence-corrected chi connectivity index (χ1v) is 5.93. The van der Waals surface area contributed by atoms with E-state index in [1.165, 1.54) is 0 Å². The Morgan fingerprint density at radius 1 is 1.33 bits per heavy atom. The predicted octanol–water partition coefficient (Wildman–Crippen LogP) is 0.442. The van der Waals surface area contributed by atoms with Gasteiger partial charge in [-0.05, 0) is 12.1 Å². The molecule has 0 amide bonds. The van der Waals surface area contributed by atoms with Crippen LogP contribution < -0.4 is 10.2 Å². The van der Waals surface area contributed by atoms with Crippen molar-refractivity contribution in [3.8, 4) is 0 Å². The number of carboxylic acids is 1. The zero-order valence-corrected chi connectivity index (χ0v) is 9.83. The Labute approximate surface area is 104 Å². The molecule has 0 radical (unpaired) electrons. The third-order valence-electron chi connectivity index (χ3n) is 3.13. The molecule has 0 unspecified atom stereocenters. The summed E-state index contributed by atoms with van der Waals surface area (Å²) >= 11 is 0. The van der Waals surface area contributed by atoms with Gasteiger partial charge in [0.25, 0.3) is 0 Å². The van der Waals surface area contributed by atoms with Gasteiger partial charge in [-0.2, -0.15) is 0 Å². The second kappa shape index (κ2) is 4.30. The summed E-state index contributed by atoms with van der Waals surface area (Å²) in [5.41, 5.74) is 0.752. The Morgan fingerprint density at radius 2 is 2.11 bits per heavy atom. The fourth-order valence-corrected chi connectivity index (χ4v) is 2.27. The van der Waals surface area contributed by atoms with Crippen molar-refractivity contribution in [3.05, 3.63) is 30.1 Å². The molecule has 1 saturated heterocycles. The molecule has 3 heterocycles. The van der Waals surface area contributed by atoms with Crippen LogP contribution in [0.15, 0.2) is 24.4 Å². The summed E-state index contributed by atoms with van der Waals surface area (Å²) in [4.78, 5) is 17.6. The summed E-state index contributed by atoms with van der Waals surface area (Å²) in [6, 6.07) is 5.49. The minimum atomic E-state index is -0.986. The second-order valence-corrected chi connectivity index (χ2v) is 4.26. The van der Waals surface area contributed by atoms with Crippen molar-refractivity contribution in [3.63, 3.8) is 0 Å². The van der Waals surface area contributed by atoms with Gasteiger partial charge in [0.05, 0.1) is 5.52 Å². The van der Waals surface area contributed by atoms with Gasteiger partial charge < -0.3 is 15.3 Å². The number of piperazine rings is 1. The molecule has 94 valence electrons. The third kappa shape index (κ3) is 1.70. The lowest BCUT2D eigenvalue weighted by Gasteiger charge is -2.27. The molecule has 1 aliphatic heterocycles. The molecule has 18 heavy (non-hydrogen) atoms. The number of hydrogen-bond acceptors (Lipinski definition) is 4. The van der Waals surface area contributed by atoms with E-state index in [0.29, 0.717) is 11.5 Å². The molecule has 6 heteroatoms. The minimum Gasteiger partial charge on any atom is -0.476 e. The predicted molar refractivity (Wildman–Crippen MR) is 67.2 cm³/mol. The van der Waals surface area contributed by atoms with Crippen molar-refractivity contribution in [2.45, 2.75) is 0 Å². The minimum absolute atomic E-state index is 0.115. The summed E-state index contributed by atoms with van der Waals surface area (Å²) in [6.45, 7) is 3.47. The lowest BCUT2D eigenvalue weighted by molar-refractivity contribution is 0.0693. The van der Waals surface area contributed by atoms with E-state index >= 15 is 0 Å². The lowest BCUT2D eigenvalue weighted by Crippen LogP contribution is -2.44. The maximum absolute atomic E-state index is 11.2. The number of aromatic nitrogens is 2. The molecule has 0 bridgehead atoms. The molecule has 2 N–H and O–H groups in total. The zero-order chi connectivity index (χ0) is 12.5. The van der Waals surface area contributed by atoms with E-state index < -0.39 is 5.97 Å². The highest BCUT2D eigenvalue weighted by atomic mass is 16.4. The molecule has 2 aromatic heterocycles. The van der Waals surface area contributed by atoms with Gasteiger partial charge >= 0.3 is 5.97 Å². The van der Waals surface area contributed by atoms with Gasteiger partial charge in [-0.15, -0.1) is 0 Å². The van der Waals surface area contributed by atoms with Crippen LogP contribution in [-0.4, -0.2) is 46.6 Å². The van der Waals surface area contributed by atoms with Crippen LogP contribution in [0.5, 0.6) is 0 Å². The van der Waals surface area contributed by atoms with Crippen molar-refractivity contribution in [1.29, 1.82) is 0 Å². The smallest absolute Gasteiger partial charge is 0.356 e. The number of rotatable bonds is 2. The second-order valence-electron chi connectivity index (χ2n) is 4.26. The number of aromatic carboxylic acids is 1. The molecule has 0 saturated carbocycles. The first-order valence-electron chi connectivity index (χ1n) is 5.93. The number of carboxylic acid groups (broad SMARTS) is 1. The van der Waals surface area contributed by atoms with E-state index in [-0.39, 0.29) is 5.69 Å². The lowest BCUT2D eigenvalue weighted by atomic mass is 10.3. The first-order chi connectivity index (χ1) is 8.77. The van der Waals surface area contributed by atoms with Crippen LogP contribution in [0.4, 0.5) is 5.95 Å². The van der Waals surface area contributed by atoms with Crippen LogP contribution in [0.1, 0.15) is 10.5 Å². The van der Waals surface area contributed by atoms with Crippen LogP contribution in [0.25, 0.3) is 5.52 Å². The number of hydrogen-bond donors (Lipinski definition) is 2. The standard InChI is InChI=1S/C12H14N4O2/c17-11(18)10-9-3-1-2-6-16(9)12(14-10)15-7-4-13-5-8-15/h1-3,6,13H,4-5,7-8H2,(H,17,18). The van der Waals surface area contributed by atoms with E-state index in [4.69, 9.17) is 0 Å². The normalized spacial score (nSPS) is 16.1. The molecule has 0 spiro atoms. The monoisotopic (exact) mass is 246 g/mol. The molecular formula is C12H14N4O2. The molecule has 2 aromatic rings. The molecular weight excluding hydrogens is 232 g/mol. The van der Waals surface area contributed by atoms with Crippen molar-refractivity contribution < 1.29 is 9.90 Å². The fourth-order valence-electron chi connectivity index (χ4n) is 2.27. The van der Waals surface area contributed by atoms with Crippen LogP contribution in [-0.2, 0) is 0 Å². The summed E-state index contributed by atoms with van der Waals surface area (Å²) in [5.74, 6) is -0.274. The molecule has 3 rings (SSSR count). The quantitative estimate of drug-likeness (QED) is 0.804.